The van der Waals surface area contributed by atoms with Crippen LogP contribution < -0.4 is 11.5 Å². The lowest BCUT2D eigenvalue weighted by molar-refractivity contribution is -0.0643. The molecule has 0 aliphatic carbocycles. The Hall–Kier alpha value is -2.78. The number of amides is 1. The number of aliphatic hydroxyl groups is 3. The molecule has 1 fully saturated rings. The number of anilines is 1. The van der Waals surface area contributed by atoms with Gasteiger partial charge in [-0.2, -0.15) is 10.4 Å². The summed E-state index contributed by atoms with van der Waals surface area (Å²) in [4.78, 5) is 15.4. The Morgan fingerprint density at radius 3 is 2.79 bits per heavy atom. The summed E-state index contributed by atoms with van der Waals surface area (Å²) in [5, 5.41) is 43.1. The van der Waals surface area contributed by atoms with Crippen LogP contribution >= 0.6 is 0 Å². The van der Waals surface area contributed by atoms with Crippen molar-refractivity contribution in [2.45, 2.75) is 23.9 Å². The van der Waals surface area contributed by atoms with Gasteiger partial charge in [0.25, 0.3) is 5.91 Å². The summed E-state index contributed by atoms with van der Waals surface area (Å²) in [6, 6.07) is 2.98. The van der Waals surface area contributed by atoms with Gasteiger partial charge in [0.15, 0.2) is 5.82 Å². The standard InChI is InChI=1S/C13H14N6O5/c14-3-13(10(22)9(21)6(2-20)24-13)7-1-5(12(16)23)8-11(15)17-4-18-19(7)8/h1,4,6,9-10,20-22H,2H2,(H2,16,23)(H2,15,17,18)/t6-,9-,10-,13+/m1/s1. The van der Waals surface area contributed by atoms with Crippen LogP contribution in [0, 0.1) is 11.3 Å². The third-order valence-electron chi connectivity index (χ3n) is 4.03. The number of nitriles is 1. The Balaban J connectivity index is 2.31. The molecule has 11 heteroatoms. The van der Waals surface area contributed by atoms with Crippen LogP contribution in [0.15, 0.2) is 12.4 Å². The Morgan fingerprint density at radius 2 is 2.25 bits per heavy atom. The van der Waals surface area contributed by atoms with Gasteiger partial charge in [-0.1, -0.05) is 0 Å². The summed E-state index contributed by atoms with van der Waals surface area (Å²) in [5.41, 5.74) is 8.90. The van der Waals surface area contributed by atoms with Crippen molar-refractivity contribution in [2.24, 2.45) is 5.73 Å². The highest BCUT2D eigenvalue weighted by molar-refractivity contribution is 6.02. The number of nitrogens with two attached hydrogens (primary N) is 2. The Kier molecular flexibility index (Phi) is 3.61. The number of fused-ring (bicyclic) bond motifs is 1. The summed E-state index contributed by atoms with van der Waals surface area (Å²) >= 11 is 0. The van der Waals surface area contributed by atoms with E-state index in [0.717, 1.165) is 10.8 Å². The van der Waals surface area contributed by atoms with Crippen molar-refractivity contribution in [1.82, 2.24) is 14.6 Å². The molecule has 2 aromatic heterocycles. The summed E-state index contributed by atoms with van der Waals surface area (Å²) in [6.07, 6.45) is -3.32. The number of hydrogen-bond acceptors (Lipinski definition) is 9. The van der Waals surface area contributed by atoms with E-state index < -0.39 is 36.4 Å². The molecular weight excluding hydrogens is 320 g/mol. The average molecular weight is 334 g/mol. The fourth-order valence-corrected chi connectivity index (χ4v) is 2.85. The number of carbonyl (C=O) groups excluding carboxylic acids is 1. The van der Waals surface area contributed by atoms with Gasteiger partial charge in [-0.15, -0.1) is 0 Å². The van der Waals surface area contributed by atoms with Crippen LogP contribution in [0.4, 0.5) is 5.82 Å². The summed E-state index contributed by atoms with van der Waals surface area (Å²) in [6.45, 7) is -0.620. The molecule has 0 aromatic carbocycles. The van der Waals surface area contributed by atoms with Gasteiger partial charge < -0.3 is 31.5 Å². The van der Waals surface area contributed by atoms with Crippen LogP contribution in [0.5, 0.6) is 0 Å². The quantitative estimate of drug-likeness (QED) is 0.395. The largest absolute Gasteiger partial charge is 0.394 e. The van der Waals surface area contributed by atoms with Crippen molar-refractivity contribution in [3.05, 3.63) is 23.7 Å². The van der Waals surface area contributed by atoms with Crippen molar-refractivity contribution >= 4 is 17.2 Å². The predicted molar refractivity (Wildman–Crippen MR) is 77.2 cm³/mol. The molecule has 1 saturated heterocycles. The number of nitrogens with zero attached hydrogens (tertiary/aromatic N) is 4. The van der Waals surface area contributed by atoms with E-state index in [2.05, 4.69) is 10.1 Å². The van der Waals surface area contributed by atoms with Gasteiger partial charge in [0.1, 0.15) is 36.2 Å². The molecule has 0 saturated carbocycles. The van der Waals surface area contributed by atoms with Crippen molar-refractivity contribution in [3.63, 3.8) is 0 Å². The number of carbonyl (C=O) groups is 1. The second-order valence-electron chi connectivity index (χ2n) is 5.33. The first-order chi connectivity index (χ1) is 11.4. The van der Waals surface area contributed by atoms with E-state index in [1.54, 1.807) is 6.07 Å². The van der Waals surface area contributed by atoms with Gasteiger partial charge >= 0.3 is 0 Å². The topological polar surface area (TPSA) is 193 Å². The van der Waals surface area contributed by atoms with Crippen molar-refractivity contribution in [3.8, 4) is 6.07 Å². The van der Waals surface area contributed by atoms with Crippen molar-refractivity contribution < 1.29 is 24.9 Å². The number of rotatable bonds is 3. The van der Waals surface area contributed by atoms with Crippen LogP contribution in [0.3, 0.4) is 0 Å². The monoisotopic (exact) mass is 334 g/mol. The third kappa shape index (κ3) is 1.95. The first-order valence-electron chi connectivity index (χ1n) is 6.86. The second-order valence-corrected chi connectivity index (χ2v) is 5.33. The Morgan fingerprint density at radius 1 is 1.54 bits per heavy atom. The highest BCUT2D eigenvalue weighted by Gasteiger charge is 2.57. The molecule has 7 N–H and O–H groups in total. The molecule has 4 atom stereocenters. The number of hydrogen-bond donors (Lipinski definition) is 5. The molecule has 0 radical (unpaired) electrons. The highest BCUT2D eigenvalue weighted by Crippen LogP contribution is 2.41. The molecule has 24 heavy (non-hydrogen) atoms. The molecular formula is C13H14N6O5. The maximum Gasteiger partial charge on any atom is 0.251 e. The fourth-order valence-electron chi connectivity index (χ4n) is 2.85. The molecule has 126 valence electrons. The van der Waals surface area contributed by atoms with Gasteiger partial charge in [0, 0.05) is 0 Å². The molecule has 1 aliphatic heterocycles. The lowest BCUT2D eigenvalue weighted by Gasteiger charge is -2.24. The maximum absolute atomic E-state index is 11.7. The van der Waals surface area contributed by atoms with Crippen LogP contribution in [-0.4, -0.2) is 60.7 Å². The smallest absolute Gasteiger partial charge is 0.251 e. The van der Waals surface area contributed by atoms with Gasteiger partial charge in [-0.25, -0.2) is 9.50 Å². The van der Waals surface area contributed by atoms with Gasteiger partial charge in [0.05, 0.1) is 17.9 Å². The first-order valence-corrected chi connectivity index (χ1v) is 6.86. The molecule has 11 nitrogen and oxygen atoms in total. The van der Waals surface area contributed by atoms with E-state index >= 15 is 0 Å². The number of ether oxygens (including phenoxy) is 1. The van der Waals surface area contributed by atoms with Crippen LogP contribution in [0.25, 0.3) is 5.52 Å². The zero-order chi connectivity index (χ0) is 17.6. The van der Waals surface area contributed by atoms with E-state index in [1.165, 1.54) is 6.07 Å². The molecule has 0 unspecified atom stereocenters. The maximum atomic E-state index is 11.7. The molecule has 3 heterocycles. The summed E-state index contributed by atoms with van der Waals surface area (Å²) < 4.78 is 6.51. The first kappa shape index (κ1) is 16.1. The second kappa shape index (κ2) is 5.39. The normalized spacial score (nSPS) is 29.7. The van der Waals surface area contributed by atoms with Crippen molar-refractivity contribution in [2.75, 3.05) is 12.3 Å². The van der Waals surface area contributed by atoms with E-state index in [0.29, 0.717) is 0 Å². The zero-order valence-corrected chi connectivity index (χ0v) is 12.2. The highest BCUT2D eigenvalue weighted by atomic mass is 16.6. The SMILES string of the molecule is N#C[C@@]1(c2cc(C(N)=O)c3c(N)ncnn23)O[C@H](CO)[C@@H](O)[C@H]1O. The number of aliphatic hydroxyl groups excluding tert-OH is 3. The predicted octanol–water partition coefficient (Wildman–Crippen LogP) is -2.76. The average Bonchev–Trinajstić information content (AvgIpc) is 3.07. The number of primary amides is 1. The van der Waals surface area contributed by atoms with Gasteiger partial charge in [0.2, 0.25) is 5.60 Å². The Labute approximate surface area is 134 Å². The van der Waals surface area contributed by atoms with E-state index in [1.807, 2.05) is 0 Å². The van der Waals surface area contributed by atoms with Crippen LogP contribution in [0.2, 0.25) is 0 Å². The molecule has 3 rings (SSSR count). The minimum absolute atomic E-state index is 0.0485. The molecule has 2 aromatic rings. The number of aromatic nitrogens is 3. The minimum atomic E-state index is -2.08. The van der Waals surface area contributed by atoms with E-state index in [-0.39, 0.29) is 22.6 Å². The summed E-state index contributed by atoms with van der Waals surface area (Å²) in [5.74, 6) is -0.912. The molecule has 0 bridgehead atoms. The molecule has 1 aliphatic rings. The summed E-state index contributed by atoms with van der Waals surface area (Å²) in [7, 11) is 0. The van der Waals surface area contributed by atoms with Crippen LogP contribution in [-0.2, 0) is 10.3 Å². The zero-order valence-electron chi connectivity index (χ0n) is 12.2. The lowest BCUT2D eigenvalue weighted by atomic mass is 9.92. The van der Waals surface area contributed by atoms with Gasteiger partial charge in [-0.05, 0) is 6.07 Å². The fraction of sp³-hybridized carbons (Fsp3) is 0.385. The molecule has 0 spiro atoms. The van der Waals surface area contributed by atoms with Crippen LogP contribution in [0.1, 0.15) is 16.1 Å². The molecule has 1 amide bonds. The van der Waals surface area contributed by atoms with Gasteiger partial charge in [-0.3, -0.25) is 4.79 Å². The van der Waals surface area contributed by atoms with E-state index in [4.69, 9.17) is 16.2 Å². The van der Waals surface area contributed by atoms with E-state index in [9.17, 15) is 25.4 Å². The minimum Gasteiger partial charge on any atom is -0.394 e. The Bertz CT molecular complexity index is 860. The lowest BCUT2D eigenvalue weighted by Crippen LogP contribution is -2.41. The van der Waals surface area contributed by atoms with Crippen molar-refractivity contribution in [1.29, 1.82) is 5.26 Å². The number of nitrogen functional groups attached to an aromatic ring is 1. The third-order valence-corrected chi connectivity index (χ3v) is 4.03.